The molecule has 10 rings (SSSR count). The second kappa shape index (κ2) is 11.5. The van der Waals surface area contributed by atoms with E-state index in [1.165, 1.54) is 53.6 Å². The minimum absolute atomic E-state index is 0. The summed E-state index contributed by atoms with van der Waals surface area (Å²) in [5.74, 6) is 0. The van der Waals surface area contributed by atoms with Crippen LogP contribution in [0.3, 0.4) is 0 Å². The third kappa shape index (κ3) is 4.51. The van der Waals surface area contributed by atoms with Gasteiger partial charge < -0.3 is 14.4 Å². The average molecular weight is 787 g/mol. The molecule has 46 heavy (non-hydrogen) atoms. The van der Waals surface area contributed by atoms with Crippen LogP contribution >= 0.6 is 11.3 Å². The molecule has 0 unspecified atom stereocenters. The van der Waals surface area contributed by atoms with Gasteiger partial charge in [-0.15, -0.1) is 71.0 Å². The molecule has 0 fully saturated rings. The van der Waals surface area contributed by atoms with Gasteiger partial charge in [0.05, 0.1) is 5.52 Å². The van der Waals surface area contributed by atoms with Crippen molar-refractivity contribution < 1.29 is 24.2 Å². The maximum atomic E-state index is 7.65. The van der Waals surface area contributed by atoms with E-state index in [9.17, 15) is 0 Å². The van der Waals surface area contributed by atoms with E-state index in [1.807, 2.05) is 53.8 Å². The van der Waals surface area contributed by atoms with Crippen LogP contribution in [-0.2, 0) is 20.1 Å². The predicted molar refractivity (Wildman–Crippen MR) is 189 cm³/mol. The number of para-hydroxylation sites is 1. The second-order valence-corrected chi connectivity index (χ2v) is 12.1. The van der Waals surface area contributed by atoms with Gasteiger partial charge in [-0.1, -0.05) is 66.0 Å². The number of aromatic nitrogens is 3. The topological polar surface area (TPSA) is 30.2 Å². The Labute approximate surface area is 287 Å². The Morgan fingerprint density at radius 1 is 0.652 bits per heavy atom. The van der Waals surface area contributed by atoms with Crippen LogP contribution in [0.1, 0.15) is 9.68 Å². The maximum absolute atomic E-state index is 7.65. The molecule has 5 aromatic heterocycles. The van der Waals surface area contributed by atoms with E-state index in [4.69, 9.17) is 4.11 Å². The largest absolute Gasteiger partial charge is 0.350 e. The van der Waals surface area contributed by atoms with Crippen LogP contribution in [0.2, 0.25) is 0 Å². The predicted octanol–water partition coefficient (Wildman–Crippen LogP) is 10.9. The summed E-state index contributed by atoms with van der Waals surface area (Å²) in [4.78, 5) is 8.70. The molecule has 10 aromatic rings. The Bertz CT molecular complexity index is 2720. The number of pyridine rings is 2. The summed E-state index contributed by atoms with van der Waals surface area (Å²) >= 11 is 1.84. The fourth-order valence-corrected chi connectivity index (χ4v) is 7.64. The fraction of sp³-hybridized carbons (Fsp3) is 0.0244. The smallest absolute Gasteiger partial charge is 0.0524 e. The van der Waals surface area contributed by atoms with Gasteiger partial charge in [0.2, 0.25) is 0 Å². The summed E-state index contributed by atoms with van der Waals surface area (Å²) in [7, 11) is 0. The molecule has 5 heterocycles. The van der Waals surface area contributed by atoms with Crippen LogP contribution in [0.5, 0.6) is 0 Å². The zero-order valence-corrected chi connectivity index (χ0v) is 27.5. The van der Waals surface area contributed by atoms with Gasteiger partial charge >= 0.3 is 0 Å². The normalized spacial score (nSPS) is 12.7. The van der Waals surface area contributed by atoms with Gasteiger partial charge in [-0.2, -0.15) is 0 Å². The third-order valence-electron chi connectivity index (χ3n) is 8.43. The first-order chi connectivity index (χ1) is 23.5. The second-order valence-electron chi connectivity index (χ2n) is 11.0. The van der Waals surface area contributed by atoms with E-state index >= 15 is 0 Å². The summed E-state index contributed by atoms with van der Waals surface area (Å²) in [5, 5.41) is 7.48. The van der Waals surface area contributed by atoms with Crippen molar-refractivity contribution in [3.63, 3.8) is 0 Å². The van der Waals surface area contributed by atoms with Crippen LogP contribution < -0.4 is 0 Å². The van der Waals surface area contributed by atoms with Crippen molar-refractivity contribution in [3.05, 3.63) is 151 Å². The van der Waals surface area contributed by atoms with Crippen molar-refractivity contribution in [1.82, 2.24) is 14.4 Å². The van der Waals surface area contributed by atoms with Gasteiger partial charge in [0.1, 0.15) is 0 Å². The molecule has 0 saturated heterocycles. The molecule has 0 aliphatic heterocycles. The third-order valence-corrected chi connectivity index (χ3v) is 9.55. The monoisotopic (exact) mass is 787 g/mol. The summed E-state index contributed by atoms with van der Waals surface area (Å²) in [6.07, 6.45) is 3.24. The fourth-order valence-electron chi connectivity index (χ4n) is 6.49. The number of nitrogens with zero attached hydrogens (tertiary/aromatic N) is 3. The van der Waals surface area contributed by atoms with E-state index in [2.05, 4.69) is 93.2 Å². The van der Waals surface area contributed by atoms with Crippen LogP contribution in [0.15, 0.2) is 134 Å². The van der Waals surface area contributed by atoms with Crippen LogP contribution in [0.4, 0.5) is 0 Å². The number of benzene rings is 5. The Balaban J connectivity index is 0.000000228. The zero-order chi connectivity index (χ0) is 32.4. The zero-order valence-electron chi connectivity index (χ0n) is 27.3. The van der Waals surface area contributed by atoms with Gasteiger partial charge in [-0.25, -0.2) is 0 Å². The maximum Gasteiger partial charge on any atom is 0.0524 e. The molecule has 0 N–H and O–H groups in total. The molecule has 0 amide bonds. The van der Waals surface area contributed by atoms with E-state index in [-0.39, 0.29) is 25.7 Å². The Morgan fingerprint density at radius 3 is 2.28 bits per heavy atom. The number of rotatable bonds is 2. The molecular formula is C41H25IrN3S-2. The molecule has 5 aromatic carbocycles. The van der Waals surface area contributed by atoms with Crippen molar-refractivity contribution in [2.24, 2.45) is 0 Å². The van der Waals surface area contributed by atoms with E-state index in [1.54, 1.807) is 18.3 Å². The first-order valence-electron chi connectivity index (χ1n) is 16.2. The van der Waals surface area contributed by atoms with Gasteiger partial charge in [-0.05, 0) is 59.0 Å². The first-order valence-corrected chi connectivity index (χ1v) is 15.6. The molecule has 0 atom stereocenters. The Morgan fingerprint density at radius 2 is 1.48 bits per heavy atom. The minimum atomic E-state index is -2.17. The van der Waals surface area contributed by atoms with Gasteiger partial charge in [-0.3, -0.25) is 0 Å². The van der Waals surface area contributed by atoms with E-state index in [0.717, 1.165) is 27.7 Å². The van der Waals surface area contributed by atoms with Crippen LogP contribution in [0, 0.1) is 19.0 Å². The molecular weight excluding hydrogens is 759 g/mol. The van der Waals surface area contributed by atoms with Gasteiger partial charge in [0, 0.05) is 73.1 Å². The number of fused-ring (bicyclic) bond motifs is 10. The minimum Gasteiger partial charge on any atom is -0.350 e. The van der Waals surface area contributed by atoms with Crippen LogP contribution in [-0.4, -0.2) is 14.4 Å². The summed E-state index contributed by atoms with van der Waals surface area (Å²) in [6.45, 7) is -2.17. The molecule has 0 spiro atoms. The Kier molecular flexibility index (Phi) is 6.30. The van der Waals surface area contributed by atoms with Crippen molar-refractivity contribution in [2.75, 3.05) is 0 Å². The van der Waals surface area contributed by atoms with E-state index in [0.29, 0.717) is 5.69 Å². The standard InChI is InChI=1S/C30H17N2S.C11H8N.Ir/c1-17-10-12-23(31-16-17)18-11-13-25-22(14-18)29-28-20-7-3-5-9-26(20)33-27(28)15-21-19-6-2-4-8-24(19)32(25)30(21)29;1-2-6-10(7-3-1)11-8-4-5-9-12-11;/h2-10,12-16H,1H3;1-6,8-9H;/q2*-1;/i1D3;;. The van der Waals surface area contributed by atoms with Crippen molar-refractivity contribution in [1.29, 1.82) is 0 Å². The average Bonchev–Trinajstić information content (AvgIpc) is 3.78. The quantitative estimate of drug-likeness (QED) is 0.163. The van der Waals surface area contributed by atoms with Crippen molar-refractivity contribution in [2.45, 2.75) is 6.85 Å². The molecule has 5 heteroatoms. The van der Waals surface area contributed by atoms with E-state index < -0.39 is 6.85 Å². The summed E-state index contributed by atoms with van der Waals surface area (Å²) in [5.41, 5.74) is 7.36. The number of hydrogen-bond donors (Lipinski definition) is 0. The molecule has 3 nitrogen and oxygen atoms in total. The van der Waals surface area contributed by atoms with Crippen molar-refractivity contribution in [3.8, 4) is 22.5 Å². The molecule has 0 aliphatic carbocycles. The number of aryl methyl sites for hydroxylation is 1. The Hall–Kier alpha value is -4.93. The number of hydrogen-bond acceptors (Lipinski definition) is 3. The number of thiophene rings is 1. The van der Waals surface area contributed by atoms with Gasteiger partial charge in [0.25, 0.3) is 0 Å². The summed E-state index contributed by atoms with van der Waals surface area (Å²) < 4.78 is 27.9. The molecule has 0 aliphatic rings. The first kappa shape index (κ1) is 25.3. The summed E-state index contributed by atoms with van der Waals surface area (Å²) in [6, 6.07) is 47.4. The van der Waals surface area contributed by atoms with Gasteiger partial charge in [0.15, 0.2) is 0 Å². The molecule has 1 radical (unpaired) electrons. The molecule has 0 saturated carbocycles. The molecule has 0 bridgehead atoms. The molecule has 221 valence electrons. The van der Waals surface area contributed by atoms with Crippen molar-refractivity contribution >= 4 is 69.6 Å². The SMILES string of the molecule is [2H]C([2H])([2H])c1ccc(-c2[c-]cc3c(c2)c2c4c(cc5c6ccccc6n3c52)sc2ccccc24)nc1.[Ir].[c-]1ccccc1-c1ccccn1. The van der Waals surface area contributed by atoms with Crippen LogP contribution in [0.25, 0.3) is 80.8 Å².